The van der Waals surface area contributed by atoms with Crippen molar-refractivity contribution < 1.29 is 47.6 Å². The van der Waals surface area contributed by atoms with E-state index in [9.17, 15) is 18.0 Å². The fraction of sp³-hybridized carbons (Fsp3) is 0.273. The largest absolute Gasteiger partial charge is 0 e. The van der Waals surface area contributed by atoms with E-state index in [2.05, 4.69) is 42.2 Å². The van der Waals surface area contributed by atoms with Gasteiger partial charge < -0.3 is 5.11 Å². The number of aliphatic hydroxyl groups is 1. The van der Waals surface area contributed by atoms with Crippen LogP contribution in [-0.4, -0.2) is 29.1 Å². The normalized spacial score (nSPS) is 12.0. The number of benzene rings is 3. The number of carbonyl (C=O) groups is 1. The van der Waals surface area contributed by atoms with E-state index in [-0.39, 0.29) is 48.7 Å². The predicted octanol–water partition coefficient (Wildman–Crippen LogP) is 9.23. The van der Waals surface area contributed by atoms with Crippen LogP contribution in [0.3, 0.4) is 0 Å². The van der Waals surface area contributed by atoms with Gasteiger partial charge in [-0.3, -0.25) is 4.79 Å². The second kappa shape index (κ2) is 14.1. The molecule has 4 aromatic rings. The van der Waals surface area contributed by atoms with Gasteiger partial charge in [0.1, 0.15) is 0 Å². The summed E-state index contributed by atoms with van der Waals surface area (Å²) in [5, 5.41) is 10.3. The number of carbonyl (C=O) groups excluding carboxylic acids is 1. The Kier molecular flexibility index (Phi) is 11.9. The molecule has 4 rings (SSSR count). The number of halogens is 4. The molecule has 1 heterocycles. The first-order valence-electron chi connectivity index (χ1n) is 13.2. The van der Waals surface area contributed by atoms with Crippen LogP contribution in [-0.2, 0) is 31.1 Å². The average molecular weight is 817 g/mol. The topological polar surface area (TPSA) is 50.2 Å². The molecule has 0 fully saturated rings. The standard InChI is InChI=1S/C28H26F4GeN.C5H8O2.Ir/c1-17(2)23-13-19(12-18-8-6-7-9-21(18)23)27-15-24(25(16-34-27)28(30,31)32)22-11-10-20(14-26(22)29)33(3,4)5;1-4(6)3-5(2)7;/h6-11,13-17H,1-5H3;3,6H,1-2H3;/q-1;;/b;4-3-;. The van der Waals surface area contributed by atoms with E-state index >= 15 is 4.39 Å². The summed E-state index contributed by atoms with van der Waals surface area (Å²) < 4.78 is 57.7. The molecule has 0 spiro atoms. The summed E-state index contributed by atoms with van der Waals surface area (Å²) in [6, 6.07) is 18.9. The first-order chi connectivity index (χ1) is 19.0. The van der Waals surface area contributed by atoms with E-state index in [0.717, 1.165) is 26.9 Å². The van der Waals surface area contributed by atoms with Crippen molar-refractivity contribution in [3.63, 3.8) is 0 Å². The number of alkyl halides is 3. The zero-order valence-corrected chi connectivity index (χ0v) is 29.1. The van der Waals surface area contributed by atoms with Gasteiger partial charge in [-0.1, -0.05) is 6.07 Å². The third kappa shape index (κ3) is 8.85. The van der Waals surface area contributed by atoms with Gasteiger partial charge in [-0.2, -0.15) is 0 Å². The van der Waals surface area contributed by atoms with E-state index in [4.69, 9.17) is 5.11 Å². The van der Waals surface area contributed by atoms with Gasteiger partial charge in [-0.15, -0.1) is 0 Å². The minimum Gasteiger partial charge on any atom is 0 e. The molecule has 0 aliphatic rings. The zero-order valence-electron chi connectivity index (χ0n) is 24.6. The van der Waals surface area contributed by atoms with Crippen LogP contribution in [0, 0.1) is 11.9 Å². The third-order valence-electron chi connectivity index (χ3n) is 6.45. The first kappa shape index (κ1) is 35.4. The van der Waals surface area contributed by atoms with E-state index < -0.39 is 30.8 Å². The van der Waals surface area contributed by atoms with Gasteiger partial charge in [-0.05, 0) is 13.8 Å². The first-order valence-corrected chi connectivity index (χ1v) is 20.5. The van der Waals surface area contributed by atoms with Gasteiger partial charge in [0.15, 0.2) is 5.78 Å². The summed E-state index contributed by atoms with van der Waals surface area (Å²) in [4.78, 5) is 14.1. The molecule has 0 atom stereocenters. The quantitative estimate of drug-likeness (QED) is 0.0719. The number of aliphatic hydroxyl groups excluding tert-OH is 1. The van der Waals surface area contributed by atoms with Crippen LogP contribution in [0.1, 0.15) is 44.7 Å². The fourth-order valence-corrected chi connectivity index (χ4v) is 6.82. The Hall–Kier alpha value is -2.81. The number of hydrogen-bond donors (Lipinski definition) is 1. The monoisotopic (exact) mass is 819 g/mol. The van der Waals surface area contributed by atoms with Gasteiger partial charge >= 0.3 is 194 Å². The van der Waals surface area contributed by atoms with Crippen molar-refractivity contribution >= 4 is 34.2 Å². The Morgan fingerprint density at radius 1 is 1.00 bits per heavy atom. The van der Waals surface area contributed by atoms with Crippen molar-refractivity contribution in [3.8, 4) is 22.4 Å². The Bertz CT molecular complexity index is 1600. The number of nitrogens with zero attached hydrogens (tertiary/aromatic N) is 1. The summed E-state index contributed by atoms with van der Waals surface area (Å²) in [6.45, 7) is 6.97. The van der Waals surface area contributed by atoms with Crippen molar-refractivity contribution in [2.75, 3.05) is 0 Å². The Morgan fingerprint density at radius 2 is 1.64 bits per heavy atom. The number of allylic oxidation sites excluding steroid dienone is 2. The van der Waals surface area contributed by atoms with Crippen LogP contribution < -0.4 is 4.40 Å². The Balaban J connectivity index is 0.000000687. The van der Waals surface area contributed by atoms with E-state index in [1.807, 2.05) is 30.3 Å². The Labute approximate surface area is 260 Å². The van der Waals surface area contributed by atoms with Crippen molar-refractivity contribution in [1.82, 2.24) is 4.98 Å². The number of aromatic nitrogens is 1. The molecule has 1 aromatic heterocycles. The van der Waals surface area contributed by atoms with E-state index in [1.54, 1.807) is 6.07 Å². The maximum Gasteiger partial charge on any atom is 0 e. The molecular weight excluding hydrogens is 783 g/mol. The molecule has 0 aliphatic heterocycles. The molecule has 0 saturated heterocycles. The summed E-state index contributed by atoms with van der Waals surface area (Å²) in [5.41, 5.74) is 0.726. The SMILES string of the molecule is CC(=O)/C=C(/C)O.CC(C)c1cc(-c2cc(-c3cc[c]([Ge]([CH3])([CH3])[CH3])cc3F)c(C(F)(F)F)cn2)[c-]c2ccccc12.[Ir]. The Morgan fingerprint density at radius 3 is 2.14 bits per heavy atom. The van der Waals surface area contributed by atoms with Crippen LogP contribution in [0.15, 0.2) is 72.6 Å². The molecule has 0 bridgehead atoms. The predicted molar refractivity (Wildman–Crippen MR) is 161 cm³/mol. The molecule has 0 unspecified atom stereocenters. The fourth-order valence-electron chi connectivity index (χ4n) is 4.42. The molecule has 42 heavy (non-hydrogen) atoms. The van der Waals surface area contributed by atoms with Crippen LogP contribution in [0.5, 0.6) is 0 Å². The average Bonchev–Trinajstić information content (AvgIpc) is 2.86. The van der Waals surface area contributed by atoms with Crippen molar-refractivity contribution in [2.45, 2.75) is 57.1 Å². The number of pyridine rings is 1. The van der Waals surface area contributed by atoms with E-state index in [0.29, 0.717) is 11.3 Å². The van der Waals surface area contributed by atoms with Gasteiger partial charge in [0.05, 0.1) is 5.76 Å². The molecule has 3 aromatic carbocycles. The number of hydrogen-bond acceptors (Lipinski definition) is 3. The second-order valence-electron chi connectivity index (χ2n) is 11.3. The molecule has 9 heteroatoms. The van der Waals surface area contributed by atoms with Gasteiger partial charge in [0, 0.05) is 26.2 Å². The van der Waals surface area contributed by atoms with Gasteiger partial charge in [0.2, 0.25) is 0 Å². The van der Waals surface area contributed by atoms with Gasteiger partial charge in [-0.25, -0.2) is 0 Å². The number of ketones is 1. The molecule has 0 amide bonds. The molecule has 1 radical (unpaired) electrons. The summed E-state index contributed by atoms with van der Waals surface area (Å²) in [6.07, 6.45) is -2.69. The van der Waals surface area contributed by atoms with Gasteiger partial charge in [0.25, 0.3) is 0 Å². The maximum atomic E-state index is 15.2. The van der Waals surface area contributed by atoms with Crippen LogP contribution in [0.2, 0.25) is 17.3 Å². The smallest absolute Gasteiger partial charge is 0 e. The van der Waals surface area contributed by atoms with Crippen molar-refractivity contribution in [1.29, 1.82) is 0 Å². The maximum absolute atomic E-state index is 15.2. The molecule has 0 saturated carbocycles. The van der Waals surface area contributed by atoms with Crippen molar-refractivity contribution in [2.24, 2.45) is 0 Å². The molecule has 1 N–H and O–H groups in total. The minimum absolute atomic E-state index is 0. The third-order valence-corrected chi connectivity index (χ3v) is 10.7. The summed E-state index contributed by atoms with van der Waals surface area (Å²) in [7, 11) is 0. The van der Waals surface area contributed by atoms with E-state index in [1.165, 1.54) is 38.1 Å². The molecule has 0 aliphatic carbocycles. The molecule has 3 nitrogen and oxygen atoms in total. The summed E-state index contributed by atoms with van der Waals surface area (Å²) >= 11 is -2.35. The molecule has 225 valence electrons. The summed E-state index contributed by atoms with van der Waals surface area (Å²) in [5.74, 6) is 5.82. The van der Waals surface area contributed by atoms with Crippen LogP contribution in [0.4, 0.5) is 17.6 Å². The minimum atomic E-state index is -4.66. The zero-order chi connectivity index (χ0) is 30.7. The number of fused-ring (bicyclic) bond motifs is 1. The number of rotatable bonds is 5. The molecular formula is C33H34F4GeIrNO2-. The second-order valence-corrected chi connectivity index (χ2v) is 21.9. The van der Waals surface area contributed by atoms with Crippen LogP contribution >= 0.6 is 0 Å². The van der Waals surface area contributed by atoms with Crippen LogP contribution in [0.25, 0.3) is 33.2 Å². The van der Waals surface area contributed by atoms with Crippen molar-refractivity contribution in [3.05, 3.63) is 95.6 Å².